The molecule has 0 radical (unpaired) electrons. The number of methoxy groups -OCH3 is 1. The predicted molar refractivity (Wildman–Crippen MR) is 138 cm³/mol. The summed E-state index contributed by atoms with van der Waals surface area (Å²) in [5.41, 5.74) is 3.37. The standard InChI is InChI=1S/C27H33N5O4/c1-20-26(21-6-4-3-5-7-21)27(32(30-20)22-8-10-23(35-2)11-9-22)29-25(34)13-12-24(33)28-14-15-31-16-18-36-19-17-31/h3-11H,12-19H2,1-2H3,(H,28,33)(H,29,34). The molecule has 190 valence electrons. The molecule has 0 spiro atoms. The molecule has 4 rings (SSSR count). The van der Waals surface area contributed by atoms with Crippen LogP contribution in [0.15, 0.2) is 54.6 Å². The molecule has 1 aromatic heterocycles. The summed E-state index contributed by atoms with van der Waals surface area (Å²) in [6.07, 6.45) is 0.190. The fourth-order valence-corrected chi connectivity index (χ4v) is 4.19. The molecule has 2 amide bonds. The Bertz CT molecular complexity index is 1150. The van der Waals surface area contributed by atoms with Gasteiger partial charge in [-0.25, -0.2) is 4.68 Å². The Morgan fingerprint density at radius 1 is 1.00 bits per heavy atom. The first kappa shape index (κ1) is 25.4. The zero-order chi connectivity index (χ0) is 25.3. The lowest BCUT2D eigenvalue weighted by Gasteiger charge is -2.26. The number of morpholine rings is 1. The number of benzene rings is 2. The van der Waals surface area contributed by atoms with E-state index in [0.717, 1.165) is 61.1 Å². The van der Waals surface area contributed by atoms with Gasteiger partial charge in [-0.05, 0) is 36.8 Å². The maximum absolute atomic E-state index is 12.9. The van der Waals surface area contributed by atoms with Crippen LogP contribution in [0.25, 0.3) is 16.8 Å². The summed E-state index contributed by atoms with van der Waals surface area (Å²) in [6, 6.07) is 17.3. The highest BCUT2D eigenvalue weighted by atomic mass is 16.5. The monoisotopic (exact) mass is 491 g/mol. The van der Waals surface area contributed by atoms with E-state index >= 15 is 0 Å². The molecular weight excluding hydrogens is 458 g/mol. The summed E-state index contributed by atoms with van der Waals surface area (Å²) in [5, 5.41) is 10.6. The van der Waals surface area contributed by atoms with Crippen LogP contribution in [0.2, 0.25) is 0 Å². The number of aromatic nitrogens is 2. The van der Waals surface area contributed by atoms with Crippen LogP contribution < -0.4 is 15.4 Å². The largest absolute Gasteiger partial charge is 0.497 e. The van der Waals surface area contributed by atoms with Gasteiger partial charge >= 0.3 is 0 Å². The van der Waals surface area contributed by atoms with Crippen LogP contribution in [0.3, 0.4) is 0 Å². The number of nitrogens with one attached hydrogen (secondary N) is 2. The van der Waals surface area contributed by atoms with E-state index in [9.17, 15) is 9.59 Å². The number of hydrogen-bond acceptors (Lipinski definition) is 6. The van der Waals surface area contributed by atoms with Crippen molar-refractivity contribution in [1.29, 1.82) is 0 Å². The number of ether oxygens (including phenoxy) is 2. The average molecular weight is 492 g/mol. The van der Waals surface area contributed by atoms with Gasteiger partial charge in [0.1, 0.15) is 11.6 Å². The normalized spacial score (nSPS) is 13.8. The SMILES string of the molecule is COc1ccc(-n2nc(C)c(-c3ccccc3)c2NC(=O)CCC(=O)NCCN2CCOCC2)cc1. The molecule has 0 saturated carbocycles. The number of amides is 2. The van der Waals surface area contributed by atoms with Gasteiger partial charge in [-0.3, -0.25) is 14.5 Å². The highest BCUT2D eigenvalue weighted by molar-refractivity contribution is 5.96. The Morgan fingerprint density at radius 3 is 2.39 bits per heavy atom. The van der Waals surface area contributed by atoms with Crippen molar-refractivity contribution in [3.63, 3.8) is 0 Å². The van der Waals surface area contributed by atoms with Crippen molar-refractivity contribution >= 4 is 17.6 Å². The van der Waals surface area contributed by atoms with Gasteiger partial charge in [0.2, 0.25) is 11.8 Å². The Labute approximate surface area is 211 Å². The number of aryl methyl sites for hydroxylation is 1. The first-order valence-corrected chi connectivity index (χ1v) is 12.2. The summed E-state index contributed by atoms with van der Waals surface area (Å²) >= 11 is 0. The molecule has 0 atom stereocenters. The highest BCUT2D eigenvalue weighted by Crippen LogP contribution is 2.33. The van der Waals surface area contributed by atoms with Gasteiger partial charge in [0.05, 0.1) is 31.7 Å². The molecule has 9 heteroatoms. The Morgan fingerprint density at radius 2 is 1.69 bits per heavy atom. The lowest BCUT2D eigenvalue weighted by atomic mass is 10.1. The second-order valence-corrected chi connectivity index (χ2v) is 8.64. The number of carbonyl (C=O) groups excluding carboxylic acids is 2. The smallest absolute Gasteiger partial charge is 0.226 e. The zero-order valence-electron chi connectivity index (χ0n) is 20.8. The number of hydrogen-bond donors (Lipinski definition) is 2. The first-order valence-electron chi connectivity index (χ1n) is 12.2. The van der Waals surface area contributed by atoms with Crippen LogP contribution in [0.1, 0.15) is 18.5 Å². The van der Waals surface area contributed by atoms with E-state index in [1.165, 1.54) is 0 Å². The van der Waals surface area contributed by atoms with Crippen molar-refractivity contribution in [1.82, 2.24) is 20.0 Å². The molecule has 2 heterocycles. The van der Waals surface area contributed by atoms with Gasteiger partial charge < -0.3 is 20.1 Å². The van der Waals surface area contributed by atoms with Crippen LogP contribution in [-0.2, 0) is 14.3 Å². The number of nitrogens with zero attached hydrogens (tertiary/aromatic N) is 3. The molecule has 1 fully saturated rings. The Balaban J connectivity index is 1.43. The third-order valence-electron chi connectivity index (χ3n) is 6.13. The van der Waals surface area contributed by atoms with Crippen molar-refractivity contribution in [2.75, 3.05) is 51.8 Å². The Kier molecular flexibility index (Phi) is 8.70. The van der Waals surface area contributed by atoms with Gasteiger partial charge in [-0.15, -0.1) is 0 Å². The number of anilines is 1. The molecule has 9 nitrogen and oxygen atoms in total. The highest BCUT2D eigenvalue weighted by Gasteiger charge is 2.20. The van der Waals surface area contributed by atoms with Crippen molar-refractivity contribution in [2.45, 2.75) is 19.8 Å². The molecule has 0 unspecified atom stereocenters. The molecule has 36 heavy (non-hydrogen) atoms. The van der Waals surface area contributed by atoms with Gasteiger partial charge in [-0.2, -0.15) is 5.10 Å². The minimum Gasteiger partial charge on any atom is -0.497 e. The van der Waals surface area contributed by atoms with Crippen molar-refractivity contribution in [3.05, 3.63) is 60.3 Å². The maximum Gasteiger partial charge on any atom is 0.226 e. The van der Waals surface area contributed by atoms with Crippen LogP contribution in [0.5, 0.6) is 5.75 Å². The van der Waals surface area contributed by atoms with Crippen molar-refractivity contribution < 1.29 is 19.1 Å². The zero-order valence-corrected chi connectivity index (χ0v) is 20.8. The van der Waals surface area contributed by atoms with Crippen LogP contribution in [0, 0.1) is 6.92 Å². The van der Waals surface area contributed by atoms with E-state index in [1.807, 2.05) is 61.5 Å². The van der Waals surface area contributed by atoms with Crippen LogP contribution in [-0.4, -0.2) is 73.0 Å². The second-order valence-electron chi connectivity index (χ2n) is 8.64. The first-order chi connectivity index (χ1) is 17.5. The fraction of sp³-hybridized carbons (Fsp3) is 0.370. The van der Waals surface area contributed by atoms with Crippen molar-refractivity contribution in [2.24, 2.45) is 0 Å². The average Bonchev–Trinajstić information content (AvgIpc) is 3.24. The molecule has 3 aromatic rings. The third-order valence-corrected chi connectivity index (χ3v) is 6.13. The van der Waals surface area contributed by atoms with E-state index in [4.69, 9.17) is 14.6 Å². The number of rotatable bonds is 10. The minimum atomic E-state index is -0.245. The summed E-state index contributed by atoms with van der Waals surface area (Å²) in [6.45, 7) is 6.47. The van der Waals surface area contributed by atoms with Crippen molar-refractivity contribution in [3.8, 4) is 22.6 Å². The lowest BCUT2D eigenvalue weighted by Crippen LogP contribution is -2.41. The molecule has 1 aliphatic heterocycles. The van der Waals surface area contributed by atoms with Gasteiger partial charge in [0, 0.05) is 44.6 Å². The third kappa shape index (κ3) is 6.50. The van der Waals surface area contributed by atoms with Crippen LogP contribution in [0.4, 0.5) is 5.82 Å². The lowest BCUT2D eigenvalue weighted by molar-refractivity contribution is -0.124. The summed E-state index contributed by atoms with van der Waals surface area (Å²) in [7, 11) is 1.62. The number of carbonyl (C=O) groups is 2. The van der Waals surface area contributed by atoms with Crippen LogP contribution >= 0.6 is 0 Å². The molecule has 1 aliphatic rings. The summed E-state index contributed by atoms with van der Waals surface area (Å²) in [5.74, 6) is 0.921. The van der Waals surface area contributed by atoms with E-state index in [0.29, 0.717) is 12.4 Å². The molecular formula is C27H33N5O4. The summed E-state index contributed by atoms with van der Waals surface area (Å²) in [4.78, 5) is 27.5. The quantitative estimate of drug-likeness (QED) is 0.453. The second kappa shape index (κ2) is 12.3. The van der Waals surface area contributed by atoms with E-state index in [2.05, 4.69) is 15.5 Å². The molecule has 2 N–H and O–H groups in total. The van der Waals surface area contributed by atoms with E-state index in [1.54, 1.807) is 11.8 Å². The fourth-order valence-electron chi connectivity index (χ4n) is 4.19. The topological polar surface area (TPSA) is 97.7 Å². The predicted octanol–water partition coefficient (Wildman–Crippen LogP) is 3.02. The summed E-state index contributed by atoms with van der Waals surface area (Å²) < 4.78 is 12.3. The Hall–Kier alpha value is -3.69. The molecule has 2 aromatic carbocycles. The molecule has 0 bridgehead atoms. The molecule has 1 saturated heterocycles. The van der Waals surface area contributed by atoms with E-state index in [-0.39, 0.29) is 24.7 Å². The van der Waals surface area contributed by atoms with E-state index < -0.39 is 0 Å². The van der Waals surface area contributed by atoms with Gasteiger partial charge in [-0.1, -0.05) is 30.3 Å². The maximum atomic E-state index is 12.9. The van der Waals surface area contributed by atoms with Gasteiger partial charge in [0.15, 0.2) is 0 Å². The van der Waals surface area contributed by atoms with Gasteiger partial charge in [0.25, 0.3) is 0 Å². The molecule has 0 aliphatic carbocycles. The minimum absolute atomic E-state index is 0.0739.